The lowest BCUT2D eigenvalue weighted by Crippen LogP contribution is -2.40. The van der Waals surface area contributed by atoms with Gasteiger partial charge in [-0.15, -0.1) is 0 Å². The summed E-state index contributed by atoms with van der Waals surface area (Å²) in [5.74, 6) is 1.31. The topological polar surface area (TPSA) is 63.7 Å². The van der Waals surface area contributed by atoms with E-state index in [-0.39, 0.29) is 5.91 Å². The first-order valence-corrected chi connectivity index (χ1v) is 8.90. The van der Waals surface area contributed by atoms with Crippen LogP contribution >= 0.6 is 0 Å². The molecule has 1 aromatic carbocycles. The van der Waals surface area contributed by atoms with Gasteiger partial charge in [0.25, 0.3) is 5.91 Å². The van der Waals surface area contributed by atoms with E-state index in [1.165, 1.54) is 0 Å². The molecular formula is C19H23N3O3. The summed E-state index contributed by atoms with van der Waals surface area (Å²) >= 11 is 0. The van der Waals surface area contributed by atoms with E-state index in [0.717, 1.165) is 42.9 Å². The molecule has 2 aliphatic rings. The Morgan fingerprint density at radius 1 is 1.20 bits per heavy atom. The number of fused-ring (bicyclic) bond motifs is 1. The van der Waals surface area contributed by atoms with E-state index in [1.54, 1.807) is 0 Å². The molecule has 2 aromatic rings. The minimum atomic E-state index is 0.0501. The van der Waals surface area contributed by atoms with Gasteiger partial charge in [-0.3, -0.25) is 4.79 Å². The van der Waals surface area contributed by atoms with Gasteiger partial charge in [0.15, 0.2) is 0 Å². The van der Waals surface area contributed by atoms with E-state index in [4.69, 9.17) is 9.47 Å². The van der Waals surface area contributed by atoms with Crippen LogP contribution in [0.2, 0.25) is 0 Å². The van der Waals surface area contributed by atoms with Crippen molar-refractivity contribution in [1.29, 1.82) is 0 Å². The zero-order valence-corrected chi connectivity index (χ0v) is 14.2. The fraction of sp³-hybridized carbons (Fsp3) is 0.474. The maximum Gasteiger partial charge on any atom is 0.254 e. The van der Waals surface area contributed by atoms with E-state index in [9.17, 15) is 4.79 Å². The molecule has 132 valence electrons. The van der Waals surface area contributed by atoms with Crippen LogP contribution in [0.15, 0.2) is 30.3 Å². The standard InChI is InChI=1S/C19H23N3O3/c23-19(22-6-9-24-10-7-22)16-11-18(20-12-14-5-8-25-13-14)21-17-4-2-1-3-15(16)17/h1-4,11,14H,5-10,12-13H2,(H,20,21). The number of carbonyl (C=O) groups is 1. The highest BCUT2D eigenvalue weighted by atomic mass is 16.5. The molecule has 6 heteroatoms. The zero-order valence-electron chi connectivity index (χ0n) is 14.2. The van der Waals surface area contributed by atoms with Gasteiger partial charge in [0.1, 0.15) is 5.82 Å². The Kier molecular flexibility index (Phi) is 4.81. The first-order valence-electron chi connectivity index (χ1n) is 8.90. The van der Waals surface area contributed by atoms with Gasteiger partial charge in [-0.05, 0) is 18.6 Å². The molecule has 3 heterocycles. The van der Waals surface area contributed by atoms with Gasteiger partial charge in [-0.1, -0.05) is 18.2 Å². The summed E-state index contributed by atoms with van der Waals surface area (Å²) in [5.41, 5.74) is 1.55. The average Bonchev–Trinajstić information content (AvgIpc) is 3.19. The Morgan fingerprint density at radius 2 is 2.04 bits per heavy atom. The number of ether oxygens (including phenoxy) is 2. The second-order valence-electron chi connectivity index (χ2n) is 6.59. The van der Waals surface area contributed by atoms with Gasteiger partial charge in [-0.2, -0.15) is 0 Å². The highest BCUT2D eigenvalue weighted by Crippen LogP contribution is 2.23. The number of pyridine rings is 1. The molecule has 0 radical (unpaired) electrons. The summed E-state index contributed by atoms with van der Waals surface area (Å²) in [7, 11) is 0. The number of anilines is 1. The molecule has 1 unspecified atom stereocenters. The molecule has 1 aromatic heterocycles. The number of para-hydroxylation sites is 1. The van der Waals surface area contributed by atoms with Crippen LogP contribution in [0.3, 0.4) is 0 Å². The second kappa shape index (κ2) is 7.37. The molecular weight excluding hydrogens is 318 g/mol. The minimum Gasteiger partial charge on any atom is -0.381 e. The van der Waals surface area contributed by atoms with Crippen LogP contribution < -0.4 is 5.32 Å². The van der Waals surface area contributed by atoms with Gasteiger partial charge >= 0.3 is 0 Å². The van der Waals surface area contributed by atoms with E-state index < -0.39 is 0 Å². The number of aromatic nitrogens is 1. The molecule has 1 atom stereocenters. The lowest BCUT2D eigenvalue weighted by atomic mass is 10.1. The quantitative estimate of drug-likeness (QED) is 0.923. The molecule has 25 heavy (non-hydrogen) atoms. The molecule has 2 aliphatic heterocycles. The third kappa shape index (κ3) is 3.60. The Morgan fingerprint density at radius 3 is 2.84 bits per heavy atom. The van der Waals surface area contributed by atoms with E-state index >= 15 is 0 Å². The molecule has 1 N–H and O–H groups in total. The number of hydrogen-bond acceptors (Lipinski definition) is 5. The molecule has 0 spiro atoms. The third-order valence-electron chi connectivity index (χ3n) is 4.84. The van der Waals surface area contributed by atoms with Crippen LogP contribution in [0, 0.1) is 5.92 Å². The molecule has 0 aliphatic carbocycles. The number of nitrogens with one attached hydrogen (secondary N) is 1. The Labute approximate surface area is 147 Å². The van der Waals surface area contributed by atoms with Crippen molar-refractivity contribution >= 4 is 22.6 Å². The van der Waals surface area contributed by atoms with Gasteiger partial charge in [-0.25, -0.2) is 4.98 Å². The Balaban J connectivity index is 1.62. The normalized spacial score (nSPS) is 20.8. The first-order chi connectivity index (χ1) is 12.3. The smallest absolute Gasteiger partial charge is 0.254 e. The highest BCUT2D eigenvalue weighted by molar-refractivity contribution is 6.07. The largest absolute Gasteiger partial charge is 0.381 e. The van der Waals surface area contributed by atoms with Crippen molar-refractivity contribution in [2.75, 3.05) is 51.4 Å². The lowest BCUT2D eigenvalue weighted by molar-refractivity contribution is 0.0304. The van der Waals surface area contributed by atoms with Gasteiger partial charge in [0.05, 0.1) is 30.9 Å². The summed E-state index contributed by atoms with van der Waals surface area (Å²) in [6.45, 7) is 4.91. The molecule has 4 rings (SSSR count). The average molecular weight is 341 g/mol. The van der Waals surface area contributed by atoms with Crippen molar-refractivity contribution in [1.82, 2.24) is 9.88 Å². The van der Waals surface area contributed by atoms with Crippen molar-refractivity contribution in [3.8, 4) is 0 Å². The Hall–Kier alpha value is -2.18. The minimum absolute atomic E-state index is 0.0501. The fourth-order valence-corrected chi connectivity index (χ4v) is 3.37. The maximum atomic E-state index is 13.0. The SMILES string of the molecule is O=C(c1cc(NCC2CCOC2)nc2ccccc12)N1CCOCC1. The number of nitrogens with zero attached hydrogens (tertiary/aromatic N) is 2. The highest BCUT2D eigenvalue weighted by Gasteiger charge is 2.22. The van der Waals surface area contributed by atoms with Crippen molar-refractivity contribution < 1.29 is 14.3 Å². The molecule has 6 nitrogen and oxygen atoms in total. The van der Waals surface area contributed by atoms with Crippen molar-refractivity contribution in [2.45, 2.75) is 6.42 Å². The number of rotatable bonds is 4. The van der Waals surface area contributed by atoms with Gasteiger partial charge in [0, 0.05) is 37.5 Å². The molecule has 2 saturated heterocycles. The summed E-state index contributed by atoms with van der Waals surface area (Å²) in [4.78, 5) is 19.6. The zero-order chi connectivity index (χ0) is 17.1. The molecule has 2 fully saturated rings. The first kappa shape index (κ1) is 16.3. The van der Waals surface area contributed by atoms with Crippen molar-refractivity contribution in [3.63, 3.8) is 0 Å². The third-order valence-corrected chi connectivity index (χ3v) is 4.84. The summed E-state index contributed by atoms with van der Waals surface area (Å²) < 4.78 is 10.8. The number of morpholine rings is 1. The van der Waals surface area contributed by atoms with E-state index in [1.807, 2.05) is 35.2 Å². The summed E-state index contributed by atoms with van der Waals surface area (Å²) in [5, 5.41) is 4.29. The number of carbonyl (C=O) groups excluding carboxylic acids is 1. The summed E-state index contributed by atoms with van der Waals surface area (Å²) in [6, 6.07) is 9.70. The fourth-order valence-electron chi connectivity index (χ4n) is 3.37. The van der Waals surface area contributed by atoms with Crippen LogP contribution in [0.25, 0.3) is 10.9 Å². The second-order valence-corrected chi connectivity index (χ2v) is 6.59. The van der Waals surface area contributed by atoms with E-state index in [0.29, 0.717) is 37.8 Å². The van der Waals surface area contributed by atoms with Crippen molar-refractivity contribution in [3.05, 3.63) is 35.9 Å². The number of amides is 1. The van der Waals surface area contributed by atoms with Crippen LogP contribution in [-0.4, -0.2) is 61.9 Å². The predicted molar refractivity (Wildman–Crippen MR) is 95.9 cm³/mol. The monoisotopic (exact) mass is 341 g/mol. The van der Waals surface area contributed by atoms with E-state index in [2.05, 4.69) is 10.3 Å². The van der Waals surface area contributed by atoms with Crippen LogP contribution in [-0.2, 0) is 9.47 Å². The predicted octanol–water partition coefficient (Wildman–Crippen LogP) is 2.16. The Bertz CT molecular complexity index is 753. The van der Waals surface area contributed by atoms with Crippen LogP contribution in [0.4, 0.5) is 5.82 Å². The van der Waals surface area contributed by atoms with Crippen LogP contribution in [0.5, 0.6) is 0 Å². The molecule has 0 bridgehead atoms. The summed E-state index contributed by atoms with van der Waals surface area (Å²) in [6.07, 6.45) is 1.07. The molecule has 0 saturated carbocycles. The van der Waals surface area contributed by atoms with Crippen molar-refractivity contribution in [2.24, 2.45) is 5.92 Å². The van der Waals surface area contributed by atoms with Crippen LogP contribution in [0.1, 0.15) is 16.8 Å². The van der Waals surface area contributed by atoms with Gasteiger partial charge in [0.2, 0.25) is 0 Å². The molecule has 1 amide bonds. The van der Waals surface area contributed by atoms with Gasteiger partial charge < -0.3 is 19.7 Å². The maximum absolute atomic E-state index is 13.0. The lowest BCUT2D eigenvalue weighted by Gasteiger charge is -2.27. The number of hydrogen-bond donors (Lipinski definition) is 1. The number of benzene rings is 1.